The standard InChI is InChI=1S/C25H22N4O3S/c1-16-13-27-14-18-4-7-19(11-22(16)18)28-25(30)24-12-23(24)17-5-8-21(9-6-17)33(31,32)29-20-3-2-10-26-15-20/h2-11,13-15,23-24,29H,12H2,1H3,(H,28,30). The van der Waals surface area contributed by atoms with Gasteiger partial charge in [0.1, 0.15) is 0 Å². The summed E-state index contributed by atoms with van der Waals surface area (Å²) in [4.78, 5) is 21.0. The van der Waals surface area contributed by atoms with Crippen LogP contribution in [0.1, 0.15) is 23.5 Å². The number of pyridine rings is 2. The number of fused-ring (bicyclic) bond motifs is 1. The molecule has 4 aromatic rings. The number of nitrogens with zero attached hydrogens (tertiary/aromatic N) is 2. The Morgan fingerprint density at radius 3 is 2.55 bits per heavy atom. The molecule has 1 aliphatic rings. The number of amides is 1. The van der Waals surface area contributed by atoms with Crippen LogP contribution in [-0.4, -0.2) is 24.3 Å². The molecule has 1 amide bonds. The van der Waals surface area contributed by atoms with Crippen molar-refractivity contribution in [3.63, 3.8) is 0 Å². The maximum absolute atomic E-state index is 12.8. The van der Waals surface area contributed by atoms with Crippen molar-refractivity contribution in [1.82, 2.24) is 9.97 Å². The summed E-state index contributed by atoms with van der Waals surface area (Å²) in [5.41, 5.74) is 3.17. The quantitative estimate of drug-likeness (QED) is 0.444. The van der Waals surface area contributed by atoms with Crippen molar-refractivity contribution in [3.05, 3.63) is 90.5 Å². The smallest absolute Gasteiger partial charge is 0.261 e. The van der Waals surface area contributed by atoms with Gasteiger partial charge in [-0.3, -0.25) is 19.5 Å². The highest BCUT2D eigenvalue weighted by molar-refractivity contribution is 7.92. The zero-order valence-corrected chi connectivity index (χ0v) is 18.7. The van der Waals surface area contributed by atoms with Crippen LogP contribution in [0.2, 0.25) is 0 Å². The van der Waals surface area contributed by atoms with E-state index in [1.54, 1.807) is 55.0 Å². The molecule has 5 rings (SSSR count). The second-order valence-corrected chi connectivity index (χ2v) is 9.93. The summed E-state index contributed by atoms with van der Waals surface area (Å²) in [6, 6.07) is 15.8. The zero-order valence-electron chi connectivity index (χ0n) is 17.9. The topological polar surface area (TPSA) is 101 Å². The van der Waals surface area contributed by atoms with E-state index in [4.69, 9.17) is 0 Å². The second kappa shape index (κ2) is 8.29. The average Bonchev–Trinajstić information content (AvgIpc) is 3.61. The molecule has 2 N–H and O–H groups in total. The van der Waals surface area contributed by atoms with Crippen molar-refractivity contribution in [3.8, 4) is 0 Å². The summed E-state index contributed by atoms with van der Waals surface area (Å²) in [5, 5.41) is 5.11. The fourth-order valence-corrected chi connectivity index (χ4v) is 5.05. The van der Waals surface area contributed by atoms with Gasteiger partial charge in [0.2, 0.25) is 5.91 Å². The molecular formula is C25H22N4O3S. The molecule has 0 bridgehead atoms. The van der Waals surface area contributed by atoms with Crippen LogP contribution in [0.25, 0.3) is 10.8 Å². The normalized spacial score (nSPS) is 17.5. The van der Waals surface area contributed by atoms with E-state index in [0.717, 1.165) is 34.0 Å². The summed E-state index contributed by atoms with van der Waals surface area (Å²) in [7, 11) is -3.70. The Kier molecular flexibility index (Phi) is 5.30. The zero-order chi connectivity index (χ0) is 23.0. The molecule has 1 fully saturated rings. The fourth-order valence-electron chi connectivity index (χ4n) is 4.01. The second-order valence-electron chi connectivity index (χ2n) is 8.25. The lowest BCUT2D eigenvalue weighted by Gasteiger charge is -2.09. The van der Waals surface area contributed by atoms with Crippen molar-refractivity contribution >= 4 is 38.1 Å². The molecule has 1 aliphatic carbocycles. The Labute approximate surface area is 192 Å². The molecule has 2 aromatic heterocycles. The van der Waals surface area contributed by atoms with E-state index >= 15 is 0 Å². The van der Waals surface area contributed by atoms with Crippen molar-refractivity contribution < 1.29 is 13.2 Å². The Morgan fingerprint density at radius 1 is 0.970 bits per heavy atom. The minimum atomic E-state index is -3.70. The lowest BCUT2D eigenvalue weighted by atomic mass is 10.1. The fraction of sp³-hybridized carbons (Fsp3) is 0.160. The Hall–Kier alpha value is -3.78. The number of aromatic nitrogens is 2. The van der Waals surface area contributed by atoms with E-state index < -0.39 is 10.0 Å². The molecule has 2 aromatic carbocycles. The van der Waals surface area contributed by atoms with Crippen molar-refractivity contribution in [2.75, 3.05) is 10.0 Å². The van der Waals surface area contributed by atoms with Gasteiger partial charge >= 0.3 is 0 Å². The van der Waals surface area contributed by atoms with Gasteiger partial charge in [0.15, 0.2) is 0 Å². The van der Waals surface area contributed by atoms with E-state index in [1.165, 1.54) is 6.20 Å². The third kappa shape index (κ3) is 4.42. The molecule has 166 valence electrons. The molecule has 0 saturated heterocycles. The highest BCUT2D eigenvalue weighted by Gasteiger charge is 2.44. The lowest BCUT2D eigenvalue weighted by Crippen LogP contribution is -2.14. The number of carbonyl (C=O) groups excluding carboxylic acids is 1. The predicted molar refractivity (Wildman–Crippen MR) is 127 cm³/mol. The van der Waals surface area contributed by atoms with Crippen LogP contribution in [0.15, 0.2) is 84.3 Å². The monoisotopic (exact) mass is 458 g/mol. The van der Waals surface area contributed by atoms with Gasteiger partial charge in [-0.2, -0.15) is 0 Å². The first-order chi connectivity index (χ1) is 15.9. The van der Waals surface area contributed by atoms with Gasteiger partial charge in [0.25, 0.3) is 10.0 Å². The third-order valence-electron chi connectivity index (χ3n) is 5.89. The van der Waals surface area contributed by atoms with Gasteiger partial charge in [-0.1, -0.05) is 18.2 Å². The van der Waals surface area contributed by atoms with E-state index in [0.29, 0.717) is 5.69 Å². The molecule has 7 nitrogen and oxygen atoms in total. The van der Waals surface area contributed by atoms with E-state index in [-0.39, 0.29) is 22.6 Å². The number of hydrogen-bond donors (Lipinski definition) is 2. The van der Waals surface area contributed by atoms with Gasteiger partial charge in [-0.05, 0) is 72.2 Å². The maximum Gasteiger partial charge on any atom is 0.261 e. The molecule has 33 heavy (non-hydrogen) atoms. The summed E-state index contributed by atoms with van der Waals surface area (Å²) in [6.45, 7) is 1.99. The Morgan fingerprint density at radius 2 is 1.79 bits per heavy atom. The number of hydrogen-bond acceptors (Lipinski definition) is 5. The molecular weight excluding hydrogens is 436 g/mol. The first kappa shape index (κ1) is 21.1. The molecule has 1 saturated carbocycles. The van der Waals surface area contributed by atoms with Crippen molar-refractivity contribution in [2.45, 2.75) is 24.2 Å². The van der Waals surface area contributed by atoms with Crippen molar-refractivity contribution in [2.24, 2.45) is 5.92 Å². The SMILES string of the molecule is Cc1cncc2ccc(NC(=O)C3CC3c3ccc(S(=O)(=O)Nc4cccnc4)cc3)cc12. The first-order valence-electron chi connectivity index (χ1n) is 10.6. The number of anilines is 2. The Balaban J connectivity index is 1.25. The summed E-state index contributed by atoms with van der Waals surface area (Å²) in [6.07, 6.45) is 7.38. The van der Waals surface area contributed by atoms with Gasteiger partial charge in [-0.25, -0.2) is 8.42 Å². The third-order valence-corrected chi connectivity index (χ3v) is 7.28. The number of rotatable bonds is 6. The summed E-state index contributed by atoms with van der Waals surface area (Å²) in [5.74, 6) is -0.0735. The average molecular weight is 459 g/mol. The van der Waals surface area contributed by atoms with Crippen molar-refractivity contribution in [1.29, 1.82) is 0 Å². The number of carbonyl (C=O) groups is 1. The van der Waals surface area contributed by atoms with Crippen LogP contribution >= 0.6 is 0 Å². The number of benzene rings is 2. The molecule has 2 atom stereocenters. The molecule has 0 aliphatic heterocycles. The summed E-state index contributed by atoms with van der Waals surface area (Å²) >= 11 is 0. The van der Waals surface area contributed by atoms with Crippen LogP contribution in [0.5, 0.6) is 0 Å². The van der Waals surface area contributed by atoms with Gasteiger partial charge < -0.3 is 5.32 Å². The van der Waals surface area contributed by atoms with Crippen LogP contribution in [0.4, 0.5) is 11.4 Å². The summed E-state index contributed by atoms with van der Waals surface area (Å²) < 4.78 is 27.7. The largest absolute Gasteiger partial charge is 0.326 e. The van der Waals surface area contributed by atoms with Crippen LogP contribution in [-0.2, 0) is 14.8 Å². The van der Waals surface area contributed by atoms with E-state index in [2.05, 4.69) is 20.0 Å². The lowest BCUT2D eigenvalue weighted by molar-refractivity contribution is -0.117. The molecule has 0 radical (unpaired) electrons. The molecule has 8 heteroatoms. The van der Waals surface area contributed by atoms with Crippen LogP contribution < -0.4 is 10.0 Å². The highest BCUT2D eigenvalue weighted by atomic mass is 32.2. The van der Waals surface area contributed by atoms with E-state index in [1.807, 2.05) is 25.1 Å². The molecule has 2 heterocycles. The highest BCUT2D eigenvalue weighted by Crippen LogP contribution is 2.48. The van der Waals surface area contributed by atoms with Crippen LogP contribution in [0.3, 0.4) is 0 Å². The predicted octanol–water partition coefficient (Wildman–Crippen LogP) is 4.48. The minimum absolute atomic E-state index is 0.0269. The van der Waals surface area contributed by atoms with Crippen LogP contribution in [0, 0.1) is 12.8 Å². The molecule has 2 unspecified atom stereocenters. The maximum atomic E-state index is 12.8. The van der Waals surface area contributed by atoms with E-state index in [9.17, 15) is 13.2 Å². The number of sulfonamides is 1. The first-order valence-corrected chi connectivity index (χ1v) is 12.1. The van der Waals surface area contributed by atoms with Gasteiger partial charge in [0, 0.05) is 35.6 Å². The van der Waals surface area contributed by atoms with Gasteiger partial charge in [0.05, 0.1) is 16.8 Å². The minimum Gasteiger partial charge on any atom is -0.326 e. The number of aryl methyl sites for hydroxylation is 1. The molecule has 0 spiro atoms. The number of nitrogens with one attached hydrogen (secondary N) is 2. The Bertz CT molecular complexity index is 1440. The van der Waals surface area contributed by atoms with Gasteiger partial charge in [-0.15, -0.1) is 0 Å².